The lowest BCUT2D eigenvalue weighted by atomic mass is 10.1. The van der Waals surface area contributed by atoms with Crippen LogP contribution in [0.25, 0.3) is 0 Å². The Labute approximate surface area is 126 Å². The lowest BCUT2D eigenvalue weighted by Gasteiger charge is -2.19. The molecule has 0 spiro atoms. The van der Waals surface area contributed by atoms with E-state index in [-0.39, 0.29) is 0 Å². The standard InChI is InChI=1S/C17H22N2O2/c1-19(11-13-5-4-6-15(9-13)20-2)12-14-10-16(21-3)7-8-17(14)18/h4-10H,11-12,18H2,1-3H3. The van der Waals surface area contributed by atoms with Gasteiger partial charge in [-0.25, -0.2) is 0 Å². The highest BCUT2D eigenvalue weighted by Gasteiger charge is 2.07. The topological polar surface area (TPSA) is 47.7 Å². The summed E-state index contributed by atoms with van der Waals surface area (Å²) in [6.45, 7) is 1.59. The van der Waals surface area contributed by atoms with Crippen molar-refractivity contribution in [1.29, 1.82) is 0 Å². The monoisotopic (exact) mass is 286 g/mol. The summed E-state index contributed by atoms with van der Waals surface area (Å²) in [7, 11) is 5.41. The van der Waals surface area contributed by atoms with Crippen molar-refractivity contribution in [2.45, 2.75) is 13.1 Å². The molecule has 0 atom stereocenters. The van der Waals surface area contributed by atoms with E-state index in [1.807, 2.05) is 36.4 Å². The van der Waals surface area contributed by atoms with Gasteiger partial charge in [0.2, 0.25) is 0 Å². The lowest BCUT2D eigenvalue weighted by molar-refractivity contribution is 0.318. The van der Waals surface area contributed by atoms with Gasteiger partial charge in [0, 0.05) is 18.8 Å². The minimum Gasteiger partial charge on any atom is -0.497 e. The summed E-state index contributed by atoms with van der Waals surface area (Å²) < 4.78 is 10.5. The fourth-order valence-corrected chi connectivity index (χ4v) is 2.28. The molecule has 0 heterocycles. The molecule has 2 aromatic carbocycles. The molecule has 0 fully saturated rings. The van der Waals surface area contributed by atoms with Crippen molar-refractivity contribution < 1.29 is 9.47 Å². The largest absolute Gasteiger partial charge is 0.497 e. The third kappa shape index (κ3) is 4.13. The second-order valence-electron chi connectivity index (χ2n) is 5.09. The first-order chi connectivity index (χ1) is 10.1. The van der Waals surface area contributed by atoms with E-state index in [4.69, 9.17) is 15.2 Å². The van der Waals surface area contributed by atoms with Gasteiger partial charge in [0.15, 0.2) is 0 Å². The molecule has 0 aliphatic carbocycles. The van der Waals surface area contributed by atoms with Gasteiger partial charge in [-0.1, -0.05) is 12.1 Å². The molecule has 2 aromatic rings. The van der Waals surface area contributed by atoms with Gasteiger partial charge in [-0.05, 0) is 48.5 Å². The molecular weight excluding hydrogens is 264 g/mol. The fraction of sp³-hybridized carbons (Fsp3) is 0.294. The number of ether oxygens (including phenoxy) is 2. The SMILES string of the molecule is COc1cccc(CN(C)Cc2cc(OC)ccc2N)c1. The molecular formula is C17H22N2O2. The summed E-state index contributed by atoms with van der Waals surface area (Å²) in [6, 6.07) is 13.8. The molecule has 0 aliphatic heterocycles. The maximum atomic E-state index is 6.03. The van der Waals surface area contributed by atoms with Crippen LogP contribution in [-0.4, -0.2) is 26.2 Å². The Morgan fingerprint density at radius 2 is 1.67 bits per heavy atom. The average Bonchev–Trinajstić information content (AvgIpc) is 2.49. The molecule has 0 aromatic heterocycles. The van der Waals surface area contributed by atoms with Crippen LogP contribution in [0.4, 0.5) is 5.69 Å². The van der Waals surface area contributed by atoms with Crippen LogP contribution < -0.4 is 15.2 Å². The Hall–Kier alpha value is -2.20. The molecule has 4 heteroatoms. The van der Waals surface area contributed by atoms with Crippen molar-refractivity contribution in [3.8, 4) is 11.5 Å². The Bertz CT molecular complexity index is 599. The second kappa shape index (κ2) is 6.99. The van der Waals surface area contributed by atoms with Gasteiger partial charge in [-0.2, -0.15) is 0 Å². The predicted octanol–water partition coefficient (Wildman–Crippen LogP) is 2.92. The second-order valence-corrected chi connectivity index (χ2v) is 5.09. The number of nitrogen functional groups attached to an aromatic ring is 1. The van der Waals surface area contributed by atoms with Crippen LogP contribution in [0.3, 0.4) is 0 Å². The van der Waals surface area contributed by atoms with Crippen LogP contribution >= 0.6 is 0 Å². The summed E-state index contributed by atoms with van der Waals surface area (Å²) in [6.07, 6.45) is 0. The molecule has 4 nitrogen and oxygen atoms in total. The van der Waals surface area contributed by atoms with Gasteiger partial charge in [0.05, 0.1) is 14.2 Å². The van der Waals surface area contributed by atoms with E-state index >= 15 is 0 Å². The van der Waals surface area contributed by atoms with Crippen molar-refractivity contribution in [2.75, 3.05) is 27.0 Å². The molecule has 0 aliphatic rings. The molecule has 0 unspecified atom stereocenters. The average molecular weight is 286 g/mol. The van der Waals surface area contributed by atoms with Crippen LogP contribution in [0.5, 0.6) is 11.5 Å². The summed E-state index contributed by atoms with van der Waals surface area (Å²) in [5.74, 6) is 1.70. The van der Waals surface area contributed by atoms with Crippen molar-refractivity contribution in [3.63, 3.8) is 0 Å². The number of benzene rings is 2. The Balaban J connectivity index is 2.05. The summed E-state index contributed by atoms with van der Waals surface area (Å²) in [5, 5.41) is 0. The molecule has 112 valence electrons. The maximum absolute atomic E-state index is 6.03. The molecule has 0 saturated carbocycles. The van der Waals surface area contributed by atoms with Gasteiger partial charge in [-0.15, -0.1) is 0 Å². The zero-order chi connectivity index (χ0) is 15.2. The van der Waals surface area contributed by atoms with Gasteiger partial charge in [0.25, 0.3) is 0 Å². The first kappa shape index (κ1) is 15.2. The van der Waals surface area contributed by atoms with Crippen LogP contribution in [0.1, 0.15) is 11.1 Å². The lowest BCUT2D eigenvalue weighted by Crippen LogP contribution is -2.18. The third-order valence-electron chi connectivity index (χ3n) is 3.38. The Kier molecular flexibility index (Phi) is 5.06. The Morgan fingerprint density at radius 1 is 0.952 bits per heavy atom. The zero-order valence-electron chi connectivity index (χ0n) is 12.8. The van der Waals surface area contributed by atoms with E-state index in [0.29, 0.717) is 0 Å². The quantitative estimate of drug-likeness (QED) is 0.829. The molecule has 21 heavy (non-hydrogen) atoms. The van der Waals surface area contributed by atoms with Gasteiger partial charge >= 0.3 is 0 Å². The predicted molar refractivity (Wildman–Crippen MR) is 85.6 cm³/mol. The number of methoxy groups -OCH3 is 2. The van der Waals surface area contributed by atoms with Gasteiger partial charge in [-0.3, -0.25) is 4.90 Å². The third-order valence-corrected chi connectivity index (χ3v) is 3.38. The minimum absolute atomic E-state index is 0.764. The number of anilines is 1. The van der Waals surface area contributed by atoms with Gasteiger partial charge in [0.1, 0.15) is 11.5 Å². The number of hydrogen-bond donors (Lipinski definition) is 1. The number of nitrogens with two attached hydrogens (primary N) is 1. The van der Waals surface area contributed by atoms with Crippen LogP contribution in [0, 0.1) is 0 Å². The zero-order valence-corrected chi connectivity index (χ0v) is 12.8. The van der Waals surface area contributed by atoms with Crippen molar-refractivity contribution in [2.24, 2.45) is 0 Å². The molecule has 2 N–H and O–H groups in total. The first-order valence-electron chi connectivity index (χ1n) is 6.86. The van der Waals surface area contributed by atoms with Crippen LogP contribution in [0.15, 0.2) is 42.5 Å². The normalized spacial score (nSPS) is 10.7. The van der Waals surface area contributed by atoms with E-state index < -0.39 is 0 Å². The minimum atomic E-state index is 0.764. The van der Waals surface area contributed by atoms with E-state index in [9.17, 15) is 0 Å². The van der Waals surface area contributed by atoms with Crippen molar-refractivity contribution >= 4 is 5.69 Å². The highest BCUT2D eigenvalue weighted by atomic mass is 16.5. The Morgan fingerprint density at radius 3 is 2.38 bits per heavy atom. The smallest absolute Gasteiger partial charge is 0.119 e. The highest BCUT2D eigenvalue weighted by Crippen LogP contribution is 2.21. The summed E-state index contributed by atoms with van der Waals surface area (Å²) >= 11 is 0. The molecule has 0 bridgehead atoms. The number of rotatable bonds is 6. The first-order valence-corrected chi connectivity index (χ1v) is 6.86. The van der Waals surface area contributed by atoms with Crippen LogP contribution in [-0.2, 0) is 13.1 Å². The van der Waals surface area contributed by atoms with Gasteiger partial charge < -0.3 is 15.2 Å². The number of nitrogens with zero attached hydrogens (tertiary/aromatic N) is 1. The van der Waals surface area contributed by atoms with E-state index in [1.165, 1.54) is 5.56 Å². The molecule has 0 saturated heterocycles. The van der Waals surface area contributed by atoms with Crippen molar-refractivity contribution in [1.82, 2.24) is 4.90 Å². The number of hydrogen-bond acceptors (Lipinski definition) is 4. The summed E-state index contributed by atoms with van der Waals surface area (Å²) in [5.41, 5.74) is 9.09. The fourth-order valence-electron chi connectivity index (χ4n) is 2.28. The van der Waals surface area contributed by atoms with E-state index in [0.717, 1.165) is 35.8 Å². The molecule has 0 amide bonds. The molecule has 2 rings (SSSR count). The summed E-state index contributed by atoms with van der Waals surface area (Å²) in [4.78, 5) is 2.21. The maximum Gasteiger partial charge on any atom is 0.119 e. The van der Waals surface area contributed by atoms with E-state index in [1.54, 1.807) is 14.2 Å². The van der Waals surface area contributed by atoms with Crippen molar-refractivity contribution in [3.05, 3.63) is 53.6 Å². The van der Waals surface area contributed by atoms with E-state index in [2.05, 4.69) is 18.0 Å². The highest BCUT2D eigenvalue weighted by molar-refractivity contribution is 5.50. The molecule has 0 radical (unpaired) electrons. The van der Waals surface area contributed by atoms with Crippen LogP contribution in [0.2, 0.25) is 0 Å².